The summed E-state index contributed by atoms with van der Waals surface area (Å²) in [5.41, 5.74) is -0.708. The third-order valence-electron chi connectivity index (χ3n) is 4.65. The topological polar surface area (TPSA) is 66.9 Å². The lowest BCUT2D eigenvalue weighted by atomic mass is 9.92. The van der Waals surface area contributed by atoms with Crippen LogP contribution in [0.25, 0.3) is 0 Å². The van der Waals surface area contributed by atoms with E-state index in [0.717, 1.165) is 6.07 Å². The van der Waals surface area contributed by atoms with Crippen LogP contribution in [-0.2, 0) is 19.6 Å². The van der Waals surface area contributed by atoms with Crippen molar-refractivity contribution in [3.8, 4) is 0 Å². The zero-order valence-corrected chi connectivity index (χ0v) is 14.4. The number of hydrogen-bond acceptors (Lipinski definition) is 4. The van der Waals surface area contributed by atoms with Gasteiger partial charge in [-0.1, -0.05) is 12.1 Å². The minimum Gasteiger partial charge on any atom is -0.370 e. The maximum atomic E-state index is 14.0. The number of halogens is 1. The van der Waals surface area contributed by atoms with Crippen molar-refractivity contribution in [1.82, 2.24) is 9.21 Å². The molecule has 0 saturated carbocycles. The molecule has 0 bridgehead atoms. The van der Waals surface area contributed by atoms with Crippen LogP contribution in [0.1, 0.15) is 19.8 Å². The lowest BCUT2D eigenvalue weighted by molar-refractivity contribution is -0.155. The van der Waals surface area contributed by atoms with E-state index in [0.29, 0.717) is 39.1 Å². The third-order valence-corrected chi connectivity index (χ3v) is 6.53. The van der Waals surface area contributed by atoms with E-state index in [4.69, 9.17) is 4.74 Å². The van der Waals surface area contributed by atoms with E-state index in [9.17, 15) is 17.6 Å². The quantitative estimate of drug-likeness (QED) is 0.799. The Bertz CT molecular complexity index is 735. The highest BCUT2D eigenvalue weighted by Gasteiger charge is 2.44. The van der Waals surface area contributed by atoms with Crippen molar-refractivity contribution >= 4 is 15.9 Å². The van der Waals surface area contributed by atoms with Crippen LogP contribution in [0.5, 0.6) is 0 Å². The lowest BCUT2D eigenvalue weighted by Crippen LogP contribution is -2.61. The van der Waals surface area contributed by atoms with Crippen LogP contribution in [0.2, 0.25) is 0 Å². The number of piperidine rings is 1. The van der Waals surface area contributed by atoms with Crippen molar-refractivity contribution in [3.63, 3.8) is 0 Å². The average molecular weight is 356 g/mol. The Morgan fingerprint density at radius 1 is 1.25 bits per heavy atom. The summed E-state index contributed by atoms with van der Waals surface area (Å²) < 4.78 is 46.7. The fraction of sp³-hybridized carbons (Fsp3) is 0.562. The Labute approximate surface area is 141 Å². The molecule has 6 nitrogen and oxygen atoms in total. The first kappa shape index (κ1) is 17.3. The second kappa shape index (κ2) is 6.42. The SMILES string of the molecule is CC(=O)N1CCO[C@@]2(CCCN(S(=O)(=O)c3ccccc3F)C2)C1. The number of ether oxygens (including phenoxy) is 1. The largest absolute Gasteiger partial charge is 0.370 e. The number of carbonyl (C=O) groups excluding carboxylic acids is 1. The van der Waals surface area contributed by atoms with Gasteiger partial charge in [0.25, 0.3) is 0 Å². The number of hydrogen-bond donors (Lipinski definition) is 0. The molecule has 2 fully saturated rings. The molecule has 1 aromatic rings. The van der Waals surface area contributed by atoms with E-state index >= 15 is 0 Å². The van der Waals surface area contributed by atoms with Gasteiger partial charge < -0.3 is 9.64 Å². The van der Waals surface area contributed by atoms with E-state index in [2.05, 4.69) is 0 Å². The summed E-state index contributed by atoms with van der Waals surface area (Å²) in [4.78, 5) is 13.0. The van der Waals surface area contributed by atoms with Gasteiger partial charge in [0.2, 0.25) is 15.9 Å². The molecular weight excluding hydrogens is 335 g/mol. The zero-order valence-electron chi connectivity index (χ0n) is 13.6. The lowest BCUT2D eigenvalue weighted by Gasteiger charge is -2.47. The molecule has 1 aromatic carbocycles. The molecule has 2 heterocycles. The molecule has 1 atom stereocenters. The Kier molecular flexibility index (Phi) is 4.63. The molecule has 8 heteroatoms. The van der Waals surface area contributed by atoms with Crippen LogP contribution < -0.4 is 0 Å². The number of nitrogens with zero attached hydrogens (tertiary/aromatic N) is 2. The van der Waals surface area contributed by atoms with Crippen molar-refractivity contribution in [1.29, 1.82) is 0 Å². The molecule has 2 aliphatic rings. The van der Waals surface area contributed by atoms with Crippen molar-refractivity contribution in [3.05, 3.63) is 30.1 Å². The summed E-state index contributed by atoms with van der Waals surface area (Å²) in [5, 5.41) is 0. The fourth-order valence-corrected chi connectivity index (χ4v) is 5.03. The highest BCUT2D eigenvalue weighted by molar-refractivity contribution is 7.89. The summed E-state index contributed by atoms with van der Waals surface area (Å²) in [6, 6.07) is 5.38. The summed E-state index contributed by atoms with van der Waals surface area (Å²) in [7, 11) is -3.93. The van der Waals surface area contributed by atoms with Crippen LogP contribution >= 0.6 is 0 Å². The van der Waals surface area contributed by atoms with E-state index in [-0.39, 0.29) is 17.3 Å². The molecule has 1 amide bonds. The van der Waals surface area contributed by atoms with E-state index in [1.165, 1.54) is 29.4 Å². The van der Waals surface area contributed by atoms with Crippen molar-refractivity contribution < 1.29 is 22.3 Å². The average Bonchev–Trinajstić information content (AvgIpc) is 2.55. The molecule has 0 radical (unpaired) electrons. The van der Waals surface area contributed by atoms with E-state index in [1.807, 2.05) is 0 Å². The summed E-state index contributed by atoms with van der Waals surface area (Å²) in [6.45, 7) is 3.21. The first-order valence-corrected chi connectivity index (χ1v) is 9.42. The molecule has 2 aliphatic heterocycles. The van der Waals surface area contributed by atoms with Crippen LogP contribution in [-0.4, -0.2) is 61.9 Å². The number of carbonyl (C=O) groups is 1. The Hall–Kier alpha value is -1.51. The summed E-state index contributed by atoms with van der Waals surface area (Å²) >= 11 is 0. The van der Waals surface area contributed by atoms with Crippen molar-refractivity contribution in [2.24, 2.45) is 0 Å². The summed E-state index contributed by atoms with van der Waals surface area (Å²) in [5.74, 6) is -0.807. The highest BCUT2D eigenvalue weighted by atomic mass is 32.2. The second-order valence-corrected chi connectivity index (χ2v) is 8.25. The molecule has 3 rings (SSSR count). The number of rotatable bonds is 2. The first-order chi connectivity index (χ1) is 11.3. The Morgan fingerprint density at radius 2 is 2.00 bits per heavy atom. The number of benzene rings is 1. The van der Waals surface area contributed by atoms with Gasteiger partial charge in [0, 0.05) is 26.6 Å². The minimum atomic E-state index is -3.93. The third kappa shape index (κ3) is 3.18. The fourth-order valence-electron chi connectivity index (χ4n) is 3.42. The molecule has 0 N–H and O–H groups in total. The zero-order chi connectivity index (χ0) is 17.4. The molecule has 0 unspecified atom stereocenters. The Morgan fingerprint density at radius 3 is 2.71 bits per heavy atom. The molecule has 0 aliphatic carbocycles. The van der Waals surface area contributed by atoms with Gasteiger partial charge in [-0.2, -0.15) is 4.31 Å². The normalized spacial score (nSPS) is 25.8. The molecule has 1 spiro atoms. The van der Waals surface area contributed by atoms with Crippen LogP contribution in [0, 0.1) is 5.82 Å². The van der Waals surface area contributed by atoms with Gasteiger partial charge in [0.15, 0.2) is 0 Å². The first-order valence-electron chi connectivity index (χ1n) is 7.98. The molecule has 2 saturated heterocycles. The number of sulfonamides is 1. The predicted molar refractivity (Wildman–Crippen MR) is 85.3 cm³/mol. The maximum Gasteiger partial charge on any atom is 0.246 e. The molecule has 0 aromatic heterocycles. The van der Waals surface area contributed by atoms with E-state index in [1.54, 1.807) is 4.90 Å². The van der Waals surface area contributed by atoms with Crippen LogP contribution in [0.15, 0.2) is 29.2 Å². The second-order valence-electron chi connectivity index (χ2n) is 6.34. The smallest absolute Gasteiger partial charge is 0.246 e. The van der Waals surface area contributed by atoms with Crippen LogP contribution in [0.4, 0.5) is 4.39 Å². The van der Waals surface area contributed by atoms with Gasteiger partial charge in [-0.05, 0) is 25.0 Å². The van der Waals surface area contributed by atoms with Crippen molar-refractivity contribution in [2.45, 2.75) is 30.3 Å². The van der Waals surface area contributed by atoms with Gasteiger partial charge >= 0.3 is 0 Å². The van der Waals surface area contributed by atoms with Gasteiger partial charge in [-0.15, -0.1) is 0 Å². The van der Waals surface area contributed by atoms with E-state index < -0.39 is 21.4 Å². The maximum absolute atomic E-state index is 14.0. The summed E-state index contributed by atoms with van der Waals surface area (Å²) in [6.07, 6.45) is 1.29. The van der Waals surface area contributed by atoms with Gasteiger partial charge in [-0.25, -0.2) is 12.8 Å². The monoisotopic (exact) mass is 356 g/mol. The number of morpholine rings is 1. The minimum absolute atomic E-state index is 0.0493. The molecule has 24 heavy (non-hydrogen) atoms. The molecular formula is C16H21FN2O4S. The van der Waals surface area contributed by atoms with Crippen LogP contribution in [0.3, 0.4) is 0 Å². The highest BCUT2D eigenvalue weighted by Crippen LogP contribution is 2.32. The van der Waals surface area contributed by atoms with Gasteiger partial charge in [-0.3, -0.25) is 4.79 Å². The number of amides is 1. The van der Waals surface area contributed by atoms with Gasteiger partial charge in [0.1, 0.15) is 10.7 Å². The van der Waals surface area contributed by atoms with Gasteiger partial charge in [0.05, 0.1) is 18.8 Å². The predicted octanol–water partition coefficient (Wildman–Crippen LogP) is 1.23. The molecule has 132 valence electrons. The Balaban J connectivity index is 1.85. The van der Waals surface area contributed by atoms with Crippen molar-refractivity contribution in [2.75, 3.05) is 32.8 Å². The standard InChI is InChI=1S/C16H21FN2O4S/c1-13(20)18-9-10-23-16(11-18)7-4-8-19(12-16)24(21,22)15-6-3-2-5-14(15)17/h2-3,5-6H,4,7-12H2,1H3/t16-/m0/s1.